The first-order valence-corrected chi connectivity index (χ1v) is 7.62. The van der Waals surface area contributed by atoms with Gasteiger partial charge in [0.25, 0.3) is 5.91 Å². The van der Waals surface area contributed by atoms with Crippen molar-refractivity contribution in [3.63, 3.8) is 0 Å². The fourth-order valence-electron chi connectivity index (χ4n) is 2.06. The summed E-state index contributed by atoms with van der Waals surface area (Å²) < 4.78 is 16.8. The molecule has 3 rings (SSSR count). The van der Waals surface area contributed by atoms with Crippen LogP contribution in [0, 0.1) is 0 Å². The molecule has 0 bridgehead atoms. The lowest BCUT2D eigenvalue weighted by Crippen LogP contribution is -2.25. The smallest absolute Gasteiger partial charge is 0.251 e. The minimum Gasteiger partial charge on any atom is -0.490 e. The molecular formula is C15H16BrNO4. The van der Waals surface area contributed by atoms with Gasteiger partial charge in [-0.3, -0.25) is 4.79 Å². The maximum atomic E-state index is 12.2. The molecule has 1 amide bonds. The molecule has 1 N–H and O–H groups in total. The molecule has 1 aliphatic rings. The maximum absolute atomic E-state index is 12.2. The van der Waals surface area contributed by atoms with Crippen molar-refractivity contribution in [1.82, 2.24) is 5.32 Å². The molecule has 112 valence electrons. The van der Waals surface area contributed by atoms with E-state index in [1.54, 1.807) is 19.2 Å². The number of hydrogen-bond donors (Lipinski definition) is 1. The molecular weight excluding hydrogens is 338 g/mol. The van der Waals surface area contributed by atoms with E-state index in [9.17, 15) is 4.79 Å². The lowest BCUT2D eigenvalue weighted by atomic mass is 10.1. The van der Waals surface area contributed by atoms with E-state index in [4.69, 9.17) is 13.9 Å². The minimum atomic E-state index is -0.0940. The molecule has 6 heteroatoms. The van der Waals surface area contributed by atoms with Crippen molar-refractivity contribution in [3.05, 3.63) is 28.4 Å². The van der Waals surface area contributed by atoms with Crippen molar-refractivity contribution < 1.29 is 18.7 Å². The number of hydrogen-bond acceptors (Lipinski definition) is 4. The average molecular weight is 354 g/mol. The molecule has 1 aromatic carbocycles. The summed E-state index contributed by atoms with van der Waals surface area (Å²) in [7, 11) is 1.62. The van der Waals surface area contributed by atoms with Gasteiger partial charge in [0.1, 0.15) is 17.9 Å². The summed E-state index contributed by atoms with van der Waals surface area (Å²) >= 11 is 3.31. The van der Waals surface area contributed by atoms with Crippen LogP contribution in [0.3, 0.4) is 0 Å². The quantitative estimate of drug-likeness (QED) is 0.810. The second-order valence-corrected chi connectivity index (χ2v) is 5.81. The summed E-state index contributed by atoms with van der Waals surface area (Å²) in [5.41, 5.74) is 1.17. The van der Waals surface area contributed by atoms with E-state index >= 15 is 0 Å². The fraction of sp³-hybridized carbons (Fsp3) is 0.400. The highest BCUT2D eigenvalue weighted by Crippen LogP contribution is 2.33. The van der Waals surface area contributed by atoms with Crippen molar-refractivity contribution >= 4 is 32.8 Å². The predicted octanol–water partition coefficient (Wildman–Crippen LogP) is 3.11. The van der Waals surface area contributed by atoms with Gasteiger partial charge in [-0.2, -0.15) is 0 Å². The zero-order valence-corrected chi connectivity index (χ0v) is 13.2. The Morgan fingerprint density at radius 1 is 1.38 bits per heavy atom. The Balaban J connectivity index is 1.90. The van der Waals surface area contributed by atoms with E-state index in [2.05, 4.69) is 21.2 Å². The topological polar surface area (TPSA) is 60.7 Å². The molecule has 1 fully saturated rings. The third-order valence-electron chi connectivity index (χ3n) is 3.29. The number of methoxy groups -OCH3 is 1. The van der Waals surface area contributed by atoms with Gasteiger partial charge in [0.05, 0.1) is 12.0 Å². The Morgan fingerprint density at radius 2 is 2.19 bits per heavy atom. The molecule has 0 spiro atoms. The van der Waals surface area contributed by atoms with Crippen LogP contribution in [-0.4, -0.2) is 32.3 Å². The third-order valence-corrected chi connectivity index (χ3v) is 3.68. The number of ether oxygens (including phenoxy) is 2. The van der Waals surface area contributed by atoms with Crippen molar-refractivity contribution in [2.24, 2.45) is 0 Å². The molecule has 1 aliphatic carbocycles. The highest BCUT2D eigenvalue weighted by molar-refractivity contribution is 9.10. The molecule has 5 nitrogen and oxygen atoms in total. The molecule has 0 aliphatic heterocycles. The van der Waals surface area contributed by atoms with Crippen molar-refractivity contribution in [2.75, 3.05) is 20.3 Å². The van der Waals surface area contributed by atoms with Crippen LogP contribution in [-0.2, 0) is 4.74 Å². The molecule has 0 atom stereocenters. The van der Waals surface area contributed by atoms with Gasteiger partial charge in [0, 0.05) is 24.8 Å². The van der Waals surface area contributed by atoms with E-state index in [1.165, 1.54) is 0 Å². The van der Waals surface area contributed by atoms with Crippen LogP contribution < -0.4 is 10.1 Å². The van der Waals surface area contributed by atoms with Gasteiger partial charge < -0.3 is 19.2 Å². The minimum absolute atomic E-state index is 0.0940. The van der Waals surface area contributed by atoms with Crippen LogP contribution in [0.25, 0.3) is 11.0 Å². The van der Waals surface area contributed by atoms with Gasteiger partial charge in [-0.25, -0.2) is 0 Å². The van der Waals surface area contributed by atoms with Gasteiger partial charge in [-0.05, 0) is 40.9 Å². The van der Waals surface area contributed by atoms with Crippen LogP contribution in [0.1, 0.15) is 23.2 Å². The molecule has 1 aromatic heterocycles. The number of carbonyl (C=O) groups excluding carboxylic acids is 1. The third kappa shape index (κ3) is 3.39. The Kier molecular flexibility index (Phi) is 4.17. The van der Waals surface area contributed by atoms with E-state index in [1.807, 2.05) is 6.07 Å². The first kappa shape index (κ1) is 14.4. The van der Waals surface area contributed by atoms with E-state index in [-0.39, 0.29) is 5.91 Å². The van der Waals surface area contributed by atoms with E-state index in [0.29, 0.717) is 40.8 Å². The number of benzene rings is 1. The molecule has 21 heavy (non-hydrogen) atoms. The standard InChI is InChI=1S/C15H16BrNO4/c1-19-4-5-20-12-6-9(15(18)17-10-2-3-10)7-13-11(12)8-14(16)21-13/h6-8,10H,2-5H2,1H3,(H,17,18). The average Bonchev–Trinajstić information content (AvgIpc) is 3.17. The van der Waals surface area contributed by atoms with E-state index < -0.39 is 0 Å². The first-order chi connectivity index (χ1) is 10.2. The van der Waals surface area contributed by atoms with Gasteiger partial charge in [0.2, 0.25) is 0 Å². The van der Waals surface area contributed by atoms with Crippen molar-refractivity contribution in [1.29, 1.82) is 0 Å². The lowest BCUT2D eigenvalue weighted by molar-refractivity contribution is 0.0950. The van der Waals surface area contributed by atoms with Gasteiger partial charge >= 0.3 is 0 Å². The summed E-state index contributed by atoms with van der Waals surface area (Å²) in [6, 6.07) is 5.63. The summed E-state index contributed by atoms with van der Waals surface area (Å²) in [6.45, 7) is 0.904. The normalized spacial score (nSPS) is 14.4. The molecule has 2 aromatic rings. The number of amides is 1. The van der Waals surface area contributed by atoms with Crippen LogP contribution in [0.5, 0.6) is 5.75 Å². The number of rotatable bonds is 6. The monoisotopic (exact) mass is 353 g/mol. The van der Waals surface area contributed by atoms with Crippen molar-refractivity contribution in [3.8, 4) is 5.75 Å². The number of halogens is 1. The van der Waals surface area contributed by atoms with Gasteiger partial charge in [-0.15, -0.1) is 0 Å². The Labute approximate surface area is 130 Å². The zero-order valence-electron chi connectivity index (χ0n) is 11.6. The highest BCUT2D eigenvalue weighted by Gasteiger charge is 2.24. The Hall–Kier alpha value is -1.53. The number of fused-ring (bicyclic) bond motifs is 1. The molecule has 0 radical (unpaired) electrons. The number of nitrogens with one attached hydrogen (secondary N) is 1. The molecule has 0 unspecified atom stereocenters. The van der Waals surface area contributed by atoms with Crippen LogP contribution in [0.15, 0.2) is 27.3 Å². The van der Waals surface area contributed by atoms with Crippen LogP contribution >= 0.6 is 15.9 Å². The van der Waals surface area contributed by atoms with Crippen molar-refractivity contribution in [2.45, 2.75) is 18.9 Å². The van der Waals surface area contributed by atoms with E-state index in [0.717, 1.165) is 18.2 Å². The van der Waals surface area contributed by atoms with Crippen LogP contribution in [0.4, 0.5) is 0 Å². The second kappa shape index (κ2) is 6.07. The first-order valence-electron chi connectivity index (χ1n) is 6.83. The van der Waals surface area contributed by atoms with Gasteiger partial charge in [-0.1, -0.05) is 0 Å². The second-order valence-electron chi connectivity index (χ2n) is 5.03. The fourth-order valence-corrected chi connectivity index (χ4v) is 2.46. The predicted molar refractivity (Wildman–Crippen MR) is 81.8 cm³/mol. The molecule has 1 saturated carbocycles. The summed E-state index contributed by atoms with van der Waals surface area (Å²) in [4.78, 5) is 12.2. The Bertz CT molecular complexity index is 663. The maximum Gasteiger partial charge on any atom is 0.251 e. The number of furan rings is 1. The zero-order chi connectivity index (χ0) is 14.8. The summed E-state index contributed by atoms with van der Waals surface area (Å²) in [5, 5.41) is 3.80. The largest absolute Gasteiger partial charge is 0.490 e. The Morgan fingerprint density at radius 3 is 2.90 bits per heavy atom. The molecule has 0 saturated heterocycles. The van der Waals surface area contributed by atoms with Crippen LogP contribution in [0.2, 0.25) is 0 Å². The lowest BCUT2D eigenvalue weighted by Gasteiger charge is -2.09. The highest BCUT2D eigenvalue weighted by atomic mass is 79.9. The SMILES string of the molecule is COCCOc1cc(C(=O)NC2CC2)cc2oc(Br)cc12. The molecule has 1 heterocycles. The summed E-state index contributed by atoms with van der Waals surface area (Å²) in [5.74, 6) is 0.531. The summed E-state index contributed by atoms with van der Waals surface area (Å²) in [6.07, 6.45) is 2.11. The van der Waals surface area contributed by atoms with Gasteiger partial charge in [0.15, 0.2) is 4.67 Å². The number of carbonyl (C=O) groups is 1.